The van der Waals surface area contributed by atoms with Gasteiger partial charge in [0.25, 0.3) is 0 Å². The van der Waals surface area contributed by atoms with Crippen LogP contribution in [0.3, 0.4) is 0 Å². The van der Waals surface area contributed by atoms with Crippen molar-refractivity contribution in [3.8, 4) is 5.75 Å². The van der Waals surface area contributed by atoms with Crippen LogP contribution in [0.2, 0.25) is 0 Å². The molecule has 0 fully saturated rings. The van der Waals surface area contributed by atoms with Crippen molar-refractivity contribution < 1.29 is 4.74 Å². The van der Waals surface area contributed by atoms with Gasteiger partial charge in [0.2, 0.25) is 0 Å². The predicted molar refractivity (Wildman–Crippen MR) is 65.5 cm³/mol. The third-order valence-electron chi connectivity index (χ3n) is 2.56. The Kier molecular flexibility index (Phi) is 4.47. The molecule has 0 heterocycles. The summed E-state index contributed by atoms with van der Waals surface area (Å²) in [6.07, 6.45) is 0. The van der Waals surface area contributed by atoms with E-state index in [2.05, 4.69) is 38.2 Å². The zero-order chi connectivity index (χ0) is 11.3. The molecule has 1 rings (SSSR count). The first-order valence-electron chi connectivity index (χ1n) is 5.63. The molecule has 0 bridgehead atoms. The number of ether oxygens (including phenoxy) is 1. The van der Waals surface area contributed by atoms with Gasteiger partial charge in [-0.2, -0.15) is 0 Å². The highest BCUT2D eigenvalue weighted by Crippen LogP contribution is 2.17. The molecule has 84 valence electrons. The molecule has 0 saturated heterocycles. The maximum atomic E-state index is 5.39. The SMILES string of the molecule is CCOc1ccc(NC(C)C(C)C)cc1. The van der Waals surface area contributed by atoms with Gasteiger partial charge in [-0.05, 0) is 44.0 Å². The summed E-state index contributed by atoms with van der Waals surface area (Å²) >= 11 is 0. The van der Waals surface area contributed by atoms with Gasteiger partial charge in [-0.25, -0.2) is 0 Å². The highest BCUT2D eigenvalue weighted by atomic mass is 16.5. The van der Waals surface area contributed by atoms with E-state index in [-0.39, 0.29) is 0 Å². The molecular formula is C13H21NO. The maximum absolute atomic E-state index is 5.39. The highest BCUT2D eigenvalue weighted by Gasteiger charge is 2.05. The van der Waals surface area contributed by atoms with Crippen LogP contribution in [-0.4, -0.2) is 12.6 Å². The van der Waals surface area contributed by atoms with Gasteiger partial charge in [-0.15, -0.1) is 0 Å². The number of hydrogen-bond acceptors (Lipinski definition) is 2. The lowest BCUT2D eigenvalue weighted by Crippen LogP contribution is -2.21. The van der Waals surface area contributed by atoms with E-state index >= 15 is 0 Å². The fourth-order valence-corrected chi connectivity index (χ4v) is 1.24. The van der Waals surface area contributed by atoms with E-state index < -0.39 is 0 Å². The molecule has 0 saturated carbocycles. The molecule has 0 radical (unpaired) electrons. The molecule has 0 aliphatic heterocycles. The number of anilines is 1. The minimum absolute atomic E-state index is 0.489. The van der Waals surface area contributed by atoms with Gasteiger partial charge < -0.3 is 10.1 Å². The van der Waals surface area contributed by atoms with Gasteiger partial charge in [0, 0.05) is 11.7 Å². The van der Waals surface area contributed by atoms with Crippen molar-refractivity contribution >= 4 is 5.69 Å². The largest absolute Gasteiger partial charge is 0.494 e. The van der Waals surface area contributed by atoms with Gasteiger partial charge in [0.15, 0.2) is 0 Å². The van der Waals surface area contributed by atoms with E-state index in [1.165, 1.54) is 0 Å². The molecule has 1 aromatic rings. The molecule has 2 nitrogen and oxygen atoms in total. The molecule has 1 unspecified atom stereocenters. The lowest BCUT2D eigenvalue weighted by atomic mass is 10.1. The summed E-state index contributed by atoms with van der Waals surface area (Å²) in [6.45, 7) is 9.34. The van der Waals surface area contributed by atoms with E-state index in [1.54, 1.807) is 0 Å². The van der Waals surface area contributed by atoms with Gasteiger partial charge in [-0.1, -0.05) is 13.8 Å². The molecule has 0 aliphatic carbocycles. The second kappa shape index (κ2) is 5.64. The first-order valence-corrected chi connectivity index (χ1v) is 5.63. The second-order valence-electron chi connectivity index (χ2n) is 4.13. The van der Waals surface area contributed by atoms with Crippen LogP contribution in [0.15, 0.2) is 24.3 Å². The fourth-order valence-electron chi connectivity index (χ4n) is 1.24. The third kappa shape index (κ3) is 3.82. The maximum Gasteiger partial charge on any atom is 0.119 e. The summed E-state index contributed by atoms with van der Waals surface area (Å²) in [4.78, 5) is 0. The topological polar surface area (TPSA) is 21.3 Å². The molecule has 2 heteroatoms. The average Bonchev–Trinajstić information content (AvgIpc) is 2.21. The Labute approximate surface area is 92.6 Å². The standard InChI is InChI=1S/C13H21NO/c1-5-15-13-8-6-12(7-9-13)14-11(4)10(2)3/h6-11,14H,5H2,1-4H3. The molecule has 15 heavy (non-hydrogen) atoms. The lowest BCUT2D eigenvalue weighted by Gasteiger charge is -2.18. The van der Waals surface area contributed by atoms with E-state index in [0.717, 1.165) is 18.0 Å². The lowest BCUT2D eigenvalue weighted by molar-refractivity contribution is 0.340. The first kappa shape index (κ1) is 11.9. The zero-order valence-corrected chi connectivity index (χ0v) is 10.1. The van der Waals surface area contributed by atoms with Crippen molar-refractivity contribution in [2.75, 3.05) is 11.9 Å². The summed E-state index contributed by atoms with van der Waals surface area (Å²) < 4.78 is 5.39. The van der Waals surface area contributed by atoms with Crippen molar-refractivity contribution in [2.45, 2.75) is 33.7 Å². The van der Waals surface area contributed by atoms with E-state index in [1.807, 2.05) is 19.1 Å². The van der Waals surface area contributed by atoms with Gasteiger partial charge in [0.05, 0.1) is 6.61 Å². The summed E-state index contributed by atoms with van der Waals surface area (Å²) in [7, 11) is 0. The minimum Gasteiger partial charge on any atom is -0.494 e. The highest BCUT2D eigenvalue weighted by molar-refractivity contribution is 5.47. The third-order valence-corrected chi connectivity index (χ3v) is 2.56. The molecule has 1 N–H and O–H groups in total. The van der Waals surface area contributed by atoms with Gasteiger partial charge in [-0.3, -0.25) is 0 Å². The van der Waals surface area contributed by atoms with E-state index in [4.69, 9.17) is 4.74 Å². The normalized spacial score (nSPS) is 12.6. The first-order chi connectivity index (χ1) is 7.13. The van der Waals surface area contributed by atoms with Crippen LogP contribution in [-0.2, 0) is 0 Å². The van der Waals surface area contributed by atoms with Gasteiger partial charge in [0.1, 0.15) is 5.75 Å². The Bertz CT molecular complexity index is 279. The van der Waals surface area contributed by atoms with Crippen LogP contribution in [0.1, 0.15) is 27.7 Å². The Morgan fingerprint density at radius 3 is 2.20 bits per heavy atom. The molecule has 0 aromatic heterocycles. The second-order valence-corrected chi connectivity index (χ2v) is 4.13. The Morgan fingerprint density at radius 2 is 1.73 bits per heavy atom. The van der Waals surface area contributed by atoms with Crippen molar-refractivity contribution in [1.29, 1.82) is 0 Å². The Morgan fingerprint density at radius 1 is 1.13 bits per heavy atom. The van der Waals surface area contributed by atoms with Crippen molar-refractivity contribution in [3.05, 3.63) is 24.3 Å². The molecule has 0 spiro atoms. The summed E-state index contributed by atoms with van der Waals surface area (Å²) in [5, 5.41) is 3.46. The smallest absolute Gasteiger partial charge is 0.119 e. The molecule has 1 aromatic carbocycles. The number of nitrogens with one attached hydrogen (secondary N) is 1. The molecule has 1 atom stereocenters. The summed E-state index contributed by atoms with van der Waals surface area (Å²) in [6, 6.07) is 8.61. The van der Waals surface area contributed by atoms with Crippen LogP contribution in [0.25, 0.3) is 0 Å². The van der Waals surface area contributed by atoms with E-state index in [9.17, 15) is 0 Å². The average molecular weight is 207 g/mol. The summed E-state index contributed by atoms with van der Waals surface area (Å²) in [5.74, 6) is 1.57. The number of benzene rings is 1. The molecular weight excluding hydrogens is 186 g/mol. The Hall–Kier alpha value is -1.18. The number of hydrogen-bond donors (Lipinski definition) is 1. The number of rotatable bonds is 5. The van der Waals surface area contributed by atoms with Crippen LogP contribution in [0.5, 0.6) is 5.75 Å². The Balaban J connectivity index is 2.56. The fraction of sp³-hybridized carbons (Fsp3) is 0.538. The molecule has 0 aliphatic rings. The van der Waals surface area contributed by atoms with Crippen molar-refractivity contribution in [1.82, 2.24) is 0 Å². The van der Waals surface area contributed by atoms with E-state index in [0.29, 0.717) is 12.0 Å². The van der Waals surface area contributed by atoms with Crippen molar-refractivity contribution in [3.63, 3.8) is 0 Å². The van der Waals surface area contributed by atoms with Gasteiger partial charge >= 0.3 is 0 Å². The van der Waals surface area contributed by atoms with Crippen molar-refractivity contribution in [2.24, 2.45) is 5.92 Å². The van der Waals surface area contributed by atoms with Crippen LogP contribution in [0.4, 0.5) is 5.69 Å². The molecule has 0 amide bonds. The quantitative estimate of drug-likeness (QED) is 0.797. The van der Waals surface area contributed by atoms with Crippen LogP contribution >= 0.6 is 0 Å². The minimum atomic E-state index is 0.489. The van der Waals surface area contributed by atoms with Crippen LogP contribution < -0.4 is 10.1 Å². The van der Waals surface area contributed by atoms with Crippen LogP contribution in [0, 0.1) is 5.92 Å². The monoisotopic (exact) mass is 207 g/mol. The summed E-state index contributed by atoms with van der Waals surface area (Å²) in [5.41, 5.74) is 1.15. The predicted octanol–water partition coefficient (Wildman–Crippen LogP) is 3.54. The zero-order valence-electron chi connectivity index (χ0n) is 10.1.